The van der Waals surface area contributed by atoms with Gasteiger partial charge in [-0.3, -0.25) is 4.98 Å². The molecule has 0 radical (unpaired) electrons. The molecule has 0 bridgehead atoms. The van der Waals surface area contributed by atoms with Crippen molar-refractivity contribution in [2.75, 3.05) is 0 Å². The molecule has 1 heterocycles. The molecule has 0 atom stereocenters. The van der Waals surface area contributed by atoms with Crippen LogP contribution in [0.25, 0.3) is 11.3 Å². The van der Waals surface area contributed by atoms with Gasteiger partial charge in [0.2, 0.25) is 0 Å². The van der Waals surface area contributed by atoms with Gasteiger partial charge in [0.05, 0.1) is 5.69 Å². The molecular weight excluding hydrogens is 201 g/mol. The molecule has 0 saturated carbocycles. The van der Waals surface area contributed by atoms with Crippen molar-refractivity contribution in [2.24, 2.45) is 0 Å². The van der Waals surface area contributed by atoms with Crippen LogP contribution >= 0.6 is 0 Å². The Morgan fingerprint density at radius 1 is 0.929 bits per heavy atom. The normalized spacial score (nSPS) is 9.14. The Kier molecular flexibility index (Phi) is 4.78. The summed E-state index contributed by atoms with van der Waals surface area (Å²) in [6, 6.07) is 12.8. The fraction of sp³-hybridized carbons (Fsp3) is 0. The predicted octanol–water partition coefficient (Wildman–Crippen LogP) is 1.81. The SMILES string of the molecule is Oc1ccccc1-c1ccccn1.[KH]. The first kappa shape index (κ1) is 11.9. The Balaban J connectivity index is 0.000000980. The van der Waals surface area contributed by atoms with Crippen molar-refractivity contribution in [3.05, 3.63) is 48.7 Å². The molecule has 0 fully saturated rings. The van der Waals surface area contributed by atoms with Crippen molar-refractivity contribution >= 4 is 51.4 Å². The van der Waals surface area contributed by atoms with Crippen LogP contribution in [0.5, 0.6) is 5.75 Å². The molecular formula is C11H10KNO. The van der Waals surface area contributed by atoms with Gasteiger partial charge in [-0.05, 0) is 24.3 Å². The molecule has 1 aromatic carbocycles. The van der Waals surface area contributed by atoms with E-state index in [1.165, 1.54) is 0 Å². The Labute approximate surface area is 125 Å². The summed E-state index contributed by atoms with van der Waals surface area (Å²) in [5, 5.41) is 9.52. The van der Waals surface area contributed by atoms with E-state index in [0.29, 0.717) is 0 Å². The van der Waals surface area contributed by atoms with E-state index in [9.17, 15) is 5.11 Å². The average Bonchev–Trinajstić information content (AvgIpc) is 2.20. The molecule has 2 rings (SSSR count). The number of pyridine rings is 1. The molecule has 3 heteroatoms. The van der Waals surface area contributed by atoms with E-state index in [2.05, 4.69) is 4.98 Å². The zero-order valence-corrected chi connectivity index (χ0v) is 7.01. The summed E-state index contributed by atoms with van der Waals surface area (Å²) in [6.45, 7) is 0. The number of rotatable bonds is 1. The van der Waals surface area contributed by atoms with Gasteiger partial charge in [-0.1, -0.05) is 18.2 Å². The van der Waals surface area contributed by atoms with E-state index in [-0.39, 0.29) is 57.1 Å². The van der Waals surface area contributed by atoms with E-state index in [4.69, 9.17) is 0 Å². The molecule has 0 aliphatic rings. The summed E-state index contributed by atoms with van der Waals surface area (Å²) in [5.74, 6) is 0.265. The summed E-state index contributed by atoms with van der Waals surface area (Å²) >= 11 is 0. The van der Waals surface area contributed by atoms with Gasteiger partial charge in [0.15, 0.2) is 0 Å². The summed E-state index contributed by atoms with van der Waals surface area (Å²) in [5.41, 5.74) is 1.56. The first-order valence-corrected chi connectivity index (χ1v) is 4.07. The quantitative estimate of drug-likeness (QED) is 0.730. The van der Waals surface area contributed by atoms with Gasteiger partial charge in [-0.15, -0.1) is 0 Å². The van der Waals surface area contributed by atoms with Crippen molar-refractivity contribution in [1.82, 2.24) is 4.98 Å². The molecule has 0 aliphatic heterocycles. The van der Waals surface area contributed by atoms with Crippen LogP contribution in [-0.4, -0.2) is 61.5 Å². The molecule has 14 heavy (non-hydrogen) atoms. The predicted molar refractivity (Wildman–Crippen MR) is 58.5 cm³/mol. The third kappa shape index (κ3) is 2.65. The number of benzene rings is 1. The monoisotopic (exact) mass is 211 g/mol. The van der Waals surface area contributed by atoms with E-state index in [0.717, 1.165) is 11.3 Å². The number of para-hydroxylation sites is 1. The molecule has 0 amide bonds. The molecule has 2 aromatic rings. The van der Waals surface area contributed by atoms with Crippen LogP contribution in [0.15, 0.2) is 48.7 Å². The van der Waals surface area contributed by atoms with Crippen molar-refractivity contribution in [3.8, 4) is 17.0 Å². The molecule has 0 saturated heterocycles. The van der Waals surface area contributed by atoms with Crippen molar-refractivity contribution in [2.45, 2.75) is 0 Å². The number of hydrogen-bond acceptors (Lipinski definition) is 2. The van der Waals surface area contributed by atoms with Crippen molar-refractivity contribution in [3.63, 3.8) is 0 Å². The molecule has 1 aromatic heterocycles. The molecule has 0 unspecified atom stereocenters. The maximum atomic E-state index is 9.52. The van der Waals surface area contributed by atoms with Gasteiger partial charge in [-0.2, -0.15) is 0 Å². The van der Waals surface area contributed by atoms with Gasteiger partial charge < -0.3 is 5.11 Å². The topological polar surface area (TPSA) is 33.1 Å². The van der Waals surface area contributed by atoms with Crippen LogP contribution < -0.4 is 0 Å². The molecule has 0 aliphatic carbocycles. The maximum absolute atomic E-state index is 9.52. The molecule has 0 spiro atoms. The van der Waals surface area contributed by atoms with Crippen LogP contribution in [0, 0.1) is 0 Å². The Morgan fingerprint density at radius 2 is 1.64 bits per heavy atom. The van der Waals surface area contributed by atoms with Crippen LogP contribution in [0.1, 0.15) is 0 Å². The zero-order valence-electron chi connectivity index (χ0n) is 7.01. The van der Waals surface area contributed by atoms with Gasteiger partial charge in [-0.25, -0.2) is 0 Å². The number of nitrogens with zero attached hydrogens (tertiary/aromatic N) is 1. The number of phenols is 1. The van der Waals surface area contributed by atoms with E-state index < -0.39 is 0 Å². The summed E-state index contributed by atoms with van der Waals surface area (Å²) in [6.07, 6.45) is 1.71. The Bertz CT molecular complexity index is 403. The number of hydrogen-bond donors (Lipinski definition) is 1. The summed E-state index contributed by atoms with van der Waals surface area (Å²) < 4.78 is 0. The van der Waals surface area contributed by atoms with Gasteiger partial charge in [0, 0.05) is 11.8 Å². The molecule has 2 nitrogen and oxygen atoms in total. The van der Waals surface area contributed by atoms with Gasteiger partial charge in [0.25, 0.3) is 0 Å². The third-order valence-electron chi connectivity index (χ3n) is 1.84. The first-order chi connectivity index (χ1) is 6.38. The Hall–Kier alpha value is -0.194. The molecule has 66 valence electrons. The Morgan fingerprint density at radius 3 is 2.29 bits per heavy atom. The number of aromatic nitrogens is 1. The summed E-state index contributed by atoms with van der Waals surface area (Å²) in [7, 11) is 0. The van der Waals surface area contributed by atoms with Crippen molar-refractivity contribution in [1.29, 1.82) is 0 Å². The number of aromatic hydroxyl groups is 1. The van der Waals surface area contributed by atoms with Crippen LogP contribution in [-0.2, 0) is 0 Å². The fourth-order valence-electron chi connectivity index (χ4n) is 1.21. The van der Waals surface area contributed by atoms with Crippen LogP contribution in [0.2, 0.25) is 0 Å². The second-order valence-corrected chi connectivity index (χ2v) is 2.73. The van der Waals surface area contributed by atoms with E-state index >= 15 is 0 Å². The number of phenolic OH excluding ortho intramolecular Hbond substituents is 1. The standard InChI is InChI=1S/C11H9NO.K.H/c13-11-7-2-1-5-9(11)10-6-3-4-8-12-10;;/h1-8,13H;;. The second-order valence-electron chi connectivity index (χ2n) is 2.73. The third-order valence-corrected chi connectivity index (χ3v) is 1.84. The van der Waals surface area contributed by atoms with Crippen LogP contribution in [0.3, 0.4) is 0 Å². The molecule has 1 N–H and O–H groups in total. The minimum absolute atomic E-state index is 0. The van der Waals surface area contributed by atoms with E-state index in [1.54, 1.807) is 18.3 Å². The summed E-state index contributed by atoms with van der Waals surface area (Å²) in [4.78, 5) is 4.15. The minimum atomic E-state index is 0. The van der Waals surface area contributed by atoms with Crippen LogP contribution in [0.4, 0.5) is 0 Å². The first-order valence-electron chi connectivity index (χ1n) is 4.07. The fourth-order valence-corrected chi connectivity index (χ4v) is 1.21. The van der Waals surface area contributed by atoms with Gasteiger partial charge in [0.1, 0.15) is 5.75 Å². The van der Waals surface area contributed by atoms with Crippen molar-refractivity contribution < 1.29 is 5.11 Å². The second kappa shape index (κ2) is 5.63. The van der Waals surface area contributed by atoms with Gasteiger partial charge >= 0.3 is 51.4 Å². The average molecular weight is 211 g/mol. The van der Waals surface area contributed by atoms with E-state index in [1.807, 2.05) is 30.3 Å². The zero-order chi connectivity index (χ0) is 9.10.